The molecule has 19 heavy (non-hydrogen) atoms. The zero-order chi connectivity index (χ0) is 14.6. The van der Waals surface area contributed by atoms with E-state index in [1.54, 1.807) is 11.3 Å². The summed E-state index contributed by atoms with van der Waals surface area (Å²) in [5.74, 6) is 0.0665. The average Bonchev–Trinajstić information content (AvgIpc) is 2.65. The summed E-state index contributed by atoms with van der Waals surface area (Å²) in [5.41, 5.74) is 1.19. The van der Waals surface area contributed by atoms with E-state index >= 15 is 0 Å². The van der Waals surface area contributed by atoms with E-state index in [4.69, 9.17) is 0 Å². The lowest BCUT2D eigenvalue weighted by Crippen LogP contribution is -2.50. The Morgan fingerprint density at radius 3 is 2.53 bits per heavy atom. The molecule has 0 fully saturated rings. The Morgan fingerprint density at radius 1 is 1.42 bits per heavy atom. The predicted octanol–water partition coefficient (Wildman–Crippen LogP) is 3.15. The third kappa shape index (κ3) is 4.96. The monoisotopic (exact) mass is 282 g/mol. The minimum Gasteiger partial charge on any atom is -0.350 e. The van der Waals surface area contributed by atoms with Crippen molar-refractivity contribution in [3.05, 3.63) is 21.4 Å². The summed E-state index contributed by atoms with van der Waals surface area (Å²) in [5, 5.41) is 6.34. The second-order valence-corrected chi connectivity index (χ2v) is 7.12. The molecule has 0 radical (unpaired) electrons. The number of carbonyl (C=O) groups excluding carboxylic acids is 1. The highest BCUT2D eigenvalue weighted by molar-refractivity contribution is 7.12. The highest BCUT2D eigenvalue weighted by Gasteiger charge is 2.21. The molecule has 3 nitrogen and oxygen atoms in total. The number of hydrogen-bond acceptors (Lipinski definition) is 3. The summed E-state index contributed by atoms with van der Waals surface area (Å²) >= 11 is 1.79. The summed E-state index contributed by atoms with van der Waals surface area (Å²) in [6.45, 7) is 13.1. The molecule has 108 valence electrons. The van der Waals surface area contributed by atoms with Crippen LogP contribution < -0.4 is 10.6 Å². The van der Waals surface area contributed by atoms with Crippen LogP contribution in [0.3, 0.4) is 0 Å². The fourth-order valence-electron chi connectivity index (χ4n) is 1.61. The van der Waals surface area contributed by atoms with Gasteiger partial charge in [0.05, 0.1) is 6.04 Å². The van der Waals surface area contributed by atoms with Gasteiger partial charge in [0.25, 0.3) is 0 Å². The maximum Gasteiger partial charge on any atom is 0.237 e. The van der Waals surface area contributed by atoms with Gasteiger partial charge in [0, 0.05) is 21.8 Å². The molecule has 0 saturated carbocycles. The van der Waals surface area contributed by atoms with Crippen molar-refractivity contribution in [1.82, 2.24) is 10.6 Å². The Morgan fingerprint density at radius 2 is 2.05 bits per heavy atom. The van der Waals surface area contributed by atoms with Gasteiger partial charge in [-0.05, 0) is 52.7 Å². The number of aryl methyl sites for hydroxylation is 2. The van der Waals surface area contributed by atoms with E-state index in [0.717, 1.165) is 13.0 Å². The quantitative estimate of drug-likeness (QED) is 0.841. The van der Waals surface area contributed by atoms with E-state index < -0.39 is 0 Å². The molecule has 1 aromatic heterocycles. The molecule has 0 saturated heterocycles. The molecule has 2 N–H and O–H groups in total. The minimum atomic E-state index is -0.173. The zero-order valence-corrected chi connectivity index (χ0v) is 13.7. The molecule has 0 spiro atoms. The molecule has 4 heteroatoms. The van der Waals surface area contributed by atoms with Crippen LogP contribution in [-0.2, 0) is 11.3 Å². The molecule has 1 unspecified atom stereocenters. The normalized spacial score (nSPS) is 13.4. The number of nitrogens with one attached hydrogen (secondary N) is 2. The molecule has 0 aliphatic heterocycles. The molecule has 1 atom stereocenters. The van der Waals surface area contributed by atoms with E-state index in [1.807, 2.05) is 20.8 Å². The standard InChI is InChI=1S/C15H26N2OS/c1-7-15(5,6)17-14(18)11(3)16-9-13-8-10(2)12(4)19-13/h8,11,16H,7,9H2,1-6H3,(H,17,18). The van der Waals surface area contributed by atoms with Crippen molar-refractivity contribution < 1.29 is 4.79 Å². The van der Waals surface area contributed by atoms with E-state index in [1.165, 1.54) is 15.3 Å². The Hall–Kier alpha value is -0.870. The molecule has 1 heterocycles. The largest absolute Gasteiger partial charge is 0.350 e. The number of rotatable bonds is 6. The van der Waals surface area contributed by atoms with Crippen molar-refractivity contribution >= 4 is 17.2 Å². The Bertz CT molecular complexity index is 418. The first kappa shape index (κ1) is 16.2. The van der Waals surface area contributed by atoms with E-state index in [-0.39, 0.29) is 17.5 Å². The van der Waals surface area contributed by atoms with Crippen LogP contribution in [0.5, 0.6) is 0 Å². The van der Waals surface area contributed by atoms with E-state index in [0.29, 0.717) is 0 Å². The molecule has 1 aromatic rings. The van der Waals surface area contributed by atoms with Crippen molar-refractivity contribution in [3.8, 4) is 0 Å². The summed E-state index contributed by atoms with van der Waals surface area (Å²) < 4.78 is 0. The smallest absolute Gasteiger partial charge is 0.237 e. The maximum atomic E-state index is 12.0. The molecule has 0 aromatic carbocycles. The van der Waals surface area contributed by atoms with Crippen LogP contribution in [0.4, 0.5) is 0 Å². The van der Waals surface area contributed by atoms with Gasteiger partial charge in [-0.2, -0.15) is 0 Å². The lowest BCUT2D eigenvalue weighted by atomic mass is 10.0. The van der Waals surface area contributed by atoms with Gasteiger partial charge >= 0.3 is 0 Å². The second-order valence-electron chi connectivity index (χ2n) is 5.78. The molecule has 1 amide bonds. The van der Waals surface area contributed by atoms with Gasteiger partial charge in [-0.25, -0.2) is 0 Å². The van der Waals surface area contributed by atoms with Crippen LogP contribution in [0.1, 0.15) is 49.4 Å². The first-order chi connectivity index (χ1) is 8.75. The molecule has 0 aliphatic carbocycles. The van der Waals surface area contributed by atoms with Gasteiger partial charge < -0.3 is 10.6 Å². The number of carbonyl (C=O) groups is 1. The lowest BCUT2D eigenvalue weighted by Gasteiger charge is -2.26. The van der Waals surface area contributed by atoms with Gasteiger partial charge in [0.2, 0.25) is 5.91 Å². The summed E-state index contributed by atoms with van der Waals surface area (Å²) in [7, 11) is 0. The van der Waals surface area contributed by atoms with Crippen LogP contribution in [0.15, 0.2) is 6.07 Å². The fraction of sp³-hybridized carbons (Fsp3) is 0.667. The van der Waals surface area contributed by atoms with Crippen molar-refractivity contribution in [2.24, 2.45) is 0 Å². The number of thiophene rings is 1. The minimum absolute atomic E-state index is 0.0665. The van der Waals surface area contributed by atoms with Gasteiger partial charge in [-0.3, -0.25) is 4.79 Å². The fourth-order valence-corrected chi connectivity index (χ4v) is 2.62. The number of amides is 1. The maximum absolute atomic E-state index is 12.0. The molecular formula is C15H26N2OS. The second kappa shape index (κ2) is 6.53. The molecule has 0 bridgehead atoms. The van der Waals surface area contributed by atoms with Crippen LogP contribution in [0.25, 0.3) is 0 Å². The van der Waals surface area contributed by atoms with Gasteiger partial charge in [0.15, 0.2) is 0 Å². The first-order valence-corrected chi connectivity index (χ1v) is 7.68. The zero-order valence-electron chi connectivity index (χ0n) is 12.9. The van der Waals surface area contributed by atoms with Crippen LogP contribution in [0.2, 0.25) is 0 Å². The highest BCUT2D eigenvalue weighted by Crippen LogP contribution is 2.20. The summed E-state index contributed by atoms with van der Waals surface area (Å²) in [4.78, 5) is 14.7. The van der Waals surface area contributed by atoms with Gasteiger partial charge in [-0.1, -0.05) is 6.92 Å². The predicted molar refractivity (Wildman–Crippen MR) is 82.6 cm³/mol. The van der Waals surface area contributed by atoms with Crippen molar-refractivity contribution in [2.45, 2.75) is 66.1 Å². The topological polar surface area (TPSA) is 41.1 Å². The molecular weight excluding hydrogens is 256 g/mol. The number of hydrogen-bond donors (Lipinski definition) is 2. The SMILES string of the molecule is CCC(C)(C)NC(=O)C(C)NCc1cc(C)c(C)s1. The van der Waals surface area contributed by atoms with E-state index in [9.17, 15) is 4.79 Å². The van der Waals surface area contributed by atoms with E-state index in [2.05, 4.69) is 37.5 Å². The average molecular weight is 282 g/mol. The molecule has 1 rings (SSSR count). The first-order valence-electron chi connectivity index (χ1n) is 6.86. The van der Waals surface area contributed by atoms with Crippen molar-refractivity contribution in [1.29, 1.82) is 0 Å². The third-order valence-electron chi connectivity index (χ3n) is 3.54. The Kier molecular flexibility index (Phi) is 5.56. The van der Waals surface area contributed by atoms with Gasteiger partial charge in [-0.15, -0.1) is 11.3 Å². The summed E-state index contributed by atoms with van der Waals surface area (Å²) in [6.07, 6.45) is 0.925. The van der Waals surface area contributed by atoms with Crippen LogP contribution in [0, 0.1) is 13.8 Å². The third-order valence-corrected chi connectivity index (χ3v) is 4.69. The summed E-state index contributed by atoms with van der Waals surface area (Å²) in [6, 6.07) is 2.02. The van der Waals surface area contributed by atoms with Crippen molar-refractivity contribution in [2.75, 3.05) is 0 Å². The molecule has 0 aliphatic rings. The highest BCUT2D eigenvalue weighted by atomic mass is 32.1. The Balaban J connectivity index is 2.47. The Labute approximate surface area is 120 Å². The van der Waals surface area contributed by atoms with Crippen molar-refractivity contribution in [3.63, 3.8) is 0 Å². The van der Waals surface area contributed by atoms with Gasteiger partial charge in [0.1, 0.15) is 0 Å². The van der Waals surface area contributed by atoms with Crippen LogP contribution in [-0.4, -0.2) is 17.5 Å². The van der Waals surface area contributed by atoms with Crippen LogP contribution >= 0.6 is 11.3 Å². The lowest BCUT2D eigenvalue weighted by molar-refractivity contribution is -0.124.